The normalized spacial score (nSPS) is 14.0. The number of hydrogen-bond acceptors (Lipinski definition) is 8. The Morgan fingerprint density at radius 1 is 0.629 bits per heavy atom. The van der Waals surface area contributed by atoms with Crippen LogP contribution in [0.5, 0.6) is 34.5 Å². The van der Waals surface area contributed by atoms with Gasteiger partial charge < -0.3 is 28.6 Å². The summed E-state index contributed by atoms with van der Waals surface area (Å²) in [7, 11) is 0. The van der Waals surface area contributed by atoms with E-state index in [1.54, 1.807) is 11.8 Å². The Hall–Kier alpha value is -6.67. The second-order valence-corrected chi connectivity index (χ2v) is 17.7. The maximum atomic E-state index is 6.70. The van der Waals surface area contributed by atoms with Crippen LogP contribution < -0.4 is 28.9 Å². The Kier molecular flexibility index (Phi) is 8.18. The molecule has 304 valence electrons. The number of pyridine rings is 1. The van der Waals surface area contributed by atoms with Crippen molar-refractivity contribution >= 4 is 73.4 Å². The van der Waals surface area contributed by atoms with Gasteiger partial charge in [-0.3, -0.25) is 4.90 Å². The van der Waals surface area contributed by atoms with Crippen molar-refractivity contribution in [1.29, 1.82) is 0 Å². The number of nitrogens with zero attached hydrogens (tertiary/aromatic N) is 5. The van der Waals surface area contributed by atoms with E-state index in [4.69, 9.17) is 19.2 Å². The molecule has 0 bridgehead atoms. The molecule has 10 heteroatoms. The quantitative estimate of drug-likeness (QED) is 0.158. The molecule has 8 nitrogen and oxygen atoms in total. The molecule has 6 heterocycles. The van der Waals surface area contributed by atoms with Crippen molar-refractivity contribution in [2.75, 3.05) is 14.7 Å². The summed E-state index contributed by atoms with van der Waals surface area (Å²) in [5.74, 6) is 5.13. The second kappa shape index (κ2) is 13.7. The number of ether oxygens (including phenoxy) is 3. The van der Waals surface area contributed by atoms with Crippen molar-refractivity contribution in [2.45, 2.75) is 36.0 Å². The third-order valence-electron chi connectivity index (χ3n) is 11.8. The topological polar surface area (TPSA) is 55.2 Å². The van der Waals surface area contributed by atoms with Crippen LogP contribution in [0.3, 0.4) is 0 Å². The van der Waals surface area contributed by atoms with Gasteiger partial charge in [-0.2, -0.15) is 12.1 Å². The zero-order valence-electron chi connectivity index (χ0n) is 33.6. The first kappa shape index (κ1) is 37.1. The maximum Gasteiger partial charge on any atom is 0.157 e. The molecule has 13 rings (SSSR count). The Labute approximate surface area is 377 Å². The number of aromatic nitrogens is 2. The van der Waals surface area contributed by atoms with Crippen LogP contribution in [0.1, 0.15) is 26.3 Å². The minimum absolute atomic E-state index is 0. The van der Waals surface area contributed by atoms with Crippen LogP contribution >= 0.6 is 11.8 Å². The van der Waals surface area contributed by atoms with Gasteiger partial charge in [-0.1, -0.05) is 80.5 Å². The van der Waals surface area contributed by atoms with E-state index in [1.165, 1.54) is 5.56 Å². The number of para-hydroxylation sites is 5. The number of benzene rings is 7. The van der Waals surface area contributed by atoms with Crippen LogP contribution in [0.25, 0.3) is 27.6 Å². The van der Waals surface area contributed by atoms with Crippen molar-refractivity contribution in [1.82, 2.24) is 9.55 Å². The molecule has 0 aliphatic carbocycles. The Balaban J connectivity index is 0.00000410. The van der Waals surface area contributed by atoms with Crippen LogP contribution in [0.2, 0.25) is 0 Å². The van der Waals surface area contributed by atoms with Crippen molar-refractivity contribution in [3.05, 3.63) is 170 Å². The minimum atomic E-state index is -0.0268. The summed E-state index contributed by atoms with van der Waals surface area (Å²) in [6.07, 6.45) is 1.89. The van der Waals surface area contributed by atoms with E-state index in [1.807, 2.05) is 42.6 Å². The summed E-state index contributed by atoms with van der Waals surface area (Å²) in [4.78, 5) is 13.8. The molecular weight excluding hydrogens is 970 g/mol. The van der Waals surface area contributed by atoms with Gasteiger partial charge >= 0.3 is 0 Å². The molecule has 0 radical (unpaired) electrons. The minimum Gasteiger partial charge on any atom is -0.509 e. The zero-order chi connectivity index (χ0) is 40.6. The monoisotopic (exact) mass is 1000 g/mol. The van der Waals surface area contributed by atoms with Crippen LogP contribution in [0.15, 0.2) is 156 Å². The summed E-state index contributed by atoms with van der Waals surface area (Å²) in [5.41, 5.74) is 9.92. The SMILES string of the molecule is CC(C)(C)c1ccnc(-n2c3[c-]c(Oc4[c-]c(N5[CH-]N(c6cc7c8c(c6)Oc6cccc9c6N8c6c(cccc6S9)O7)c6ccccc65)ccc4)ccc3c3ccccc32)c1.[Pt]. The first-order valence-corrected chi connectivity index (χ1v) is 21.1. The van der Waals surface area contributed by atoms with E-state index < -0.39 is 0 Å². The number of hydrogen-bond donors (Lipinski definition) is 0. The molecule has 62 heavy (non-hydrogen) atoms. The van der Waals surface area contributed by atoms with Crippen LogP contribution in [0.4, 0.5) is 39.8 Å². The summed E-state index contributed by atoms with van der Waals surface area (Å²) in [6.45, 7) is 8.75. The third kappa shape index (κ3) is 5.54. The fraction of sp³-hybridized carbons (Fsp3) is 0.0769. The average Bonchev–Trinajstić information content (AvgIpc) is 3.82. The standard InChI is InChI=1S/C52H34N5O3S.Pt/c1-52(2,3)31-23-24-53-48(25-31)56-38-14-5-4-13-36(38)37-22-21-35(29-41(37)56)58-34-12-8-11-32(26-34)54-30-55(40-16-7-6-15-39(40)54)33-27-44-49-45(28-33)60-43-18-10-20-47-51(43)57(49)50-42(59-44)17-9-19-46(50)61-47;/h4-25,27-28,30H,1-3H3;/q-3;. The molecule has 0 atom stereocenters. The van der Waals surface area contributed by atoms with Crippen molar-refractivity contribution in [3.63, 3.8) is 0 Å². The molecule has 0 fully saturated rings. The molecule has 0 spiro atoms. The van der Waals surface area contributed by atoms with E-state index in [0.29, 0.717) is 11.5 Å². The molecule has 4 aliphatic rings. The smallest absolute Gasteiger partial charge is 0.157 e. The first-order chi connectivity index (χ1) is 29.8. The van der Waals surface area contributed by atoms with Crippen LogP contribution in [0, 0.1) is 18.8 Å². The predicted octanol–water partition coefficient (Wildman–Crippen LogP) is 14.4. The van der Waals surface area contributed by atoms with Crippen molar-refractivity contribution in [3.8, 4) is 40.3 Å². The Bertz CT molecular complexity index is 3260. The van der Waals surface area contributed by atoms with Gasteiger partial charge in [-0.25, -0.2) is 4.98 Å². The van der Waals surface area contributed by atoms with Gasteiger partial charge in [0.05, 0.1) is 0 Å². The van der Waals surface area contributed by atoms with Gasteiger partial charge in [0.1, 0.15) is 22.9 Å². The average molecular weight is 1000 g/mol. The van der Waals surface area contributed by atoms with Gasteiger partial charge in [0, 0.05) is 83.3 Å². The van der Waals surface area contributed by atoms with Crippen molar-refractivity contribution < 1.29 is 35.3 Å². The first-order valence-electron chi connectivity index (χ1n) is 20.3. The summed E-state index contributed by atoms with van der Waals surface area (Å²) >= 11 is 1.75. The van der Waals surface area contributed by atoms with Gasteiger partial charge in [0.2, 0.25) is 0 Å². The fourth-order valence-corrected chi connectivity index (χ4v) is 10.1. The molecule has 0 amide bonds. The molecular formula is C52H34N5O3PtS-3. The van der Waals surface area contributed by atoms with Crippen molar-refractivity contribution in [2.24, 2.45) is 0 Å². The predicted molar refractivity (Wildman–Crippen MR) is 242 cm³/mol. The zero-order valence-corrected chi connectivity index (χ0v) is 36.7. The molecule has 9 aromatic rings. The summed E-state index contributed by atoms with van der Waals surface area (Å²) < 4.78 is 22.2. The van der Waals surface area contributed by atoms with Gasteiger partial charge in [0.25, 0.3) is 0 Å². The van der Waals surface area contributed by atoms with Gasteiger partial charge in [-0.05, 0) is 71.0 Å². The largest absolute Gasteiger partial charge is 0.509 e. The summed E-state index contributed by atoms with van der Waals surface area (Å²) in [6, 6.07) is 55.0. The number of anilines is 7. The van der Waals surface area contributed by atoms with Gasteiger partial charge in [0.15, 0.2) is 23.0 Å². The number of rotatable bonds is 5. The summed E-state index contributed by atoms with van der Waals surface area (Å²) in [5, 5.41) is 2.21. The van der Waals surface area contributed by atoms with E-state index in [9.17, 15) is 0 Å². The second-order valence-electron chi connectivity index (χ2n) is 16.6. The van der Waals surface area contributed by atoms with E-state index in [-0.39, 0.29) is 26.5 Å². The molecule has 7 aromatic carbocycles. The van der Waals surface area contributed by atoms with E-state index in [0.717, 1.165) is 100 Å². The molecule has 4 aliphatic heterocycles. The molecule has 0 saturated heterocycles. The number of fused-ring (bicyclic) bond motifs is 4. The Morgan fingerprint density at radius 2 is 1.31 bits per heavy atom. The molecule has 0 unspecified atom stereocenters. The van der Waals surface area contributed by atoms with Crippen LogP contribution in [-0.2, 0) is 26.5 Å². The van der Waals surface area contributed by atoms with E-state index in [2.05, 4.69) is 162 Å². The third-order valence-corrected chi connectivity index (χ3v) is 12.9. The Morgan fingerprint density at radius 3 is 2.05 bits per heavy atom. The molecule has 0 N–H and O–H groups in total. The van der Waals surface area contributed by atoms with Gasteiger partial charge in [-0.15, -0.1) is 48.1 Å². The maximum absolute atomic E-state index is 6.70. The fourth-order valence-electron chi connectivity index (χ4n) is 8.99. The molecule has 2 aromatic heterocycles. The molecule has 0 saturated carbocycles. The van der Waals surface area contributed by atoms with E-state index >= 15 is 0 Å². The van der Waals surface area contributed by atoms with Crippen LogP contribution in [-0.4, -0.2) is 9.55 Å².